The van der Waals surface area contributed by atoms with Gasteiger partial charge in [0.2, 0.25) is 0 Å². The Labute approximate surface area is 332 Å². The molecule has 1 heteroatoms. The van der Waals surface area contributed by atoms with Gasteiger partial charge >= 0.3 is 0 Å². The molecule has 0 saturated carbocycles. The summed E-state index contributed by atoms with van der Waals surface area (Å²) in [6, 6.07) is 65.2. The van der Waals surface area contributed by atoms with E-state index in [9.17, 15) is 0 Å². The fourth-order valence-electron chi connectivity index (χ4n) is 8.88. The van der Waals surface area contributed by atoms with E-state index in [-0.39, 0.29) is 5.41 Å². The van der Waals surface area contributed by atoms with Crippen LogP contribution in [0, 0.1) is 0 Å². The summed E-state index contributed by atoms with van der Waals surface area (Å²) in [6.07, 6.45) is 5.95. The third kappa shape index (κ3) is 5.67. The van der Waals surface area contributed by atoms with Crippen LogP contribution >= 0.6 is 11.3 Å². The lowest BCUT2D eigenvalue weighted by molar-refractivity contribution is 0.661. The maximum Gasteiger partial charge on any atom is 0.0361 e. The van der Waals surface area contributed by atoms with Crippen LogP contribution in [0.5, 0.6) is 0 Å². The van der Waals surface area contributed by atoms with Crippen LogP contribution in [0.4, 0.5) is 0 Å². The van der Waals surface area contributed by atoms with E-state index in [2.05, 4.69) is 202 Å². The van der Waals surface area contributed by atoms with Crippen molar-refractivity contribution in [3.8, 4) is 44.5 Å². The molecule has 0 aliphatic heterocycles. The van der Waals surface area contributed by atoms with Gasteiger partial charge in [-0.1, -0.05) is 172 Å². The molecule has 9 aromatic rings. The lowest BCUT2D eigenvalue weighted by atomic mass is 9.81. The molecule has 0 nitrogen and oxygen atoms in total. The van der Waals surface area contributed by atoms with Gasteiger partial charge in [0.1, 0.15) is 0 Å². The van der Waals surface area contributed by atoms with E-state index in [0.29, 0.717) is 0 Å². The third-order valence-corrected chi connectivity index (χ3v) is 12.8. The minimum absolute atomic E-state index is 0.114. The first-order valence-corrected chi connectivity index (χ1v) is 20.2. The van der Waals surface area contributed by atoms with Crippen molar-refractivity contribution in [3.05, 3.63) is 211 Å². The molecule has 0 fully saturated rings. The number of thiophene rings is 1. The number of hydrogen-bond donors (Lipinski definition) is 0. The monoisotopic (exact) mass is 732 g/mol. The zero-order valence-electron chi connectivity index (χ0n) is 31.6. The quantitative estimate of drug-likeness (QED) is 0.155. The largest absolute Gasteiger partial charge is 0.135 e. The van der Waals surface area contributed by atoms with Gasteiger partial charge in [0.25, 0.3) is 0 Å². The fraction of sp³-hybridized carbons (Fsp3) is 0.0545. The van der Waals surface area contributed by atoms with Gasteiger partial charge in [-0.3, -0.25) is 0 Å². The van der Waals surface area contributed by atoms with Crippen LogP contribution in [0.3, 0.4) is 0 Å². The molecule has 8 aromatic carbocycles. The van der Waals surface area contributed by atoms with Crippen molar-refractivity contribution in [2.45, 2.75) is 19.3 Å². The number of hydrogen-bond acceptors (Lipinski definition) is 1. The first kappa shape index (κ1) is 34.0. The molecule has 0 bridgehead atoms. The minimum atomic E-state index is -0.114. The Morgan fingerprint density at radius 2 is 1.04 bits per heavy atom. The van der Waals surface area contributed by atoms with Gasteiger partial charge in [0.05, 0.1) is 0 Å². The van der Waals surface area contributed by atoms with E-state index in [1.165, 1.54) is 103 Å². The Balaban J connectivity index is 1.15. The number of rotatable bonds is 5. The van der Waals surface area contributed by atoms with Gasteiger partial charge in [-0.15, -0.1) is 11.3 Å². The van der Waals surface area contributed by atoms with Crippen molar-refractivity contribution in [1.29, 1.82) is 0 Å². The van der Waals surface area contributed by atoms with Gasteiger partial charge in [-0.05, 0) is 125 Å². The Hall–Kier alpha value is -6.54. The summed E-state index contributed by atoms with van der Waals surface area (Å²) in [5.74, 6) is 0. The molecule has 1 aromatic heterocycles. The summed E-state index contributed by atoms with van der Waals surface area (Å²) in [5.41, 5.74) is 13.7. The van der Waals surface area contributed by atoms with E-state index in [4.69, 9.17) is 0 Å². The Bertz CT molecular complexity index is 3130. The van der Waals surface area contributed by atoms with Crippen molar-refractivity contribution < 1.29 is 0 Å². The molecular formula is C55H40S. The topological polar surface area (TPSA) is 0 Å². The van der Waals surface area contributed by atoms with Crippen LogP contribution in [-0.4, -0.2) is 0 Å². The van der Waals surface area contributed by atoms with Gasteiger partial charge in [-0.25, -0.2) is 0 Å². The third-order valence-electron chi connectivity index (χ3n) is 11.7. The summed E-state index contributed by atoms with van der Waals surface area (Å²) in [7, 11) is 0. The van der Waals surface area contributed by atoms with Crippen LogP contribution in [0.15, 0.2) is 195 Å². The second-order valence-corrected chi connectivity index (χ2v) is 16.4. The smallest absolute Gasteiger partial charge is 0.0361 e. The van der Waals surface area contributed by atoms with Crippen molar-refractivity contribution in [2.75, 3.05) is 0 Å². The number of benzene rings is 7. The SMILES string of the molecule is C=C/C=C\c1ccccc1-c1cccc(-c2ccccccc(-c3ccc4c(c3)-c3cc5cc6sc7ccccc7c6cc5cc3C4(C)C)c3ccccc23)c1. The van der Waals surface area contributed by atoms with Crippen LogP contribution < -0.4 is 0 Å². The molecule has 10 rings (SSSR count). The average Bonchev–Trinajstić information content (AvgIpc) is 3.70. The van der Waals surface area contributed by atoms with Crippen LogP contribution in [0.2, 0.25) is 0 Å². The maximum absolute atomic E-state index is 3.88. The number of allylic oxidation sites excluding steroid dienone is 2. The van der Waals surface area contributed by atoms with E-state index < -0.39 is 0 Å². The van der Waals surface area contributed by atoms with Crippen molar-refractivity contribution in [1.82, 2.24) is 0 Å². The highest BCUT2D eigenvalue weighted by Crippen LogP contribution is 2.52. The molecule has 266 valence electrons. The molecule has 0 spiro atoms. The van der Waals surface area contributed by atoms with Crippen molar-refractivity contribution in [3.63, 3.8) is 0 Å². The molecule has 0 unspecified atom stereocenters. The number of fused-ring (bicyclic) bond motifs is 8. The first-order chi connectivity index (χ1) is 27.5. The zero-order chi connectivity index (χ0) is 37.8. The van der Waals surface area contributed by atoms with Crippen LogP contribution in [0.1, 0.15) is 30.5 Å². The summed E-state index contributed by atoms with van der Waals surface area (Å²) in [4.78, 5) is 0. The second kappa shape index (κ2) is 13.6. The standard InChI is InChI=1S/C55H40S/c1-4-5-17-36-18-10-11-21-42(36)37-19-16-20-38(30-37)43-22-8-6-7-9-23-44(46-25-13-12-24-45(43)46)39-28-29-51-48(31-39)49-32-41-35-54-50(47-26-14-15-27-53(47)56-54)33-40(41)34-52(49)55(51,2)3/h4-35H,1H2,2-3H3/b7-6?,8-6?,9-7?,17-5-,22-8?,23-9?,43-22?,44-23?,45-43?,46-44?. The highest BCUT2D eigenvalue weighted by atomic mass is 32.1. The van der Waals surface area contributed by atoms with E-state index >= 15 is 0 Å². The Morgan fingerprint density at radius 3 is 1.80 bits per heavy atom. The summed E-state index contributed by atoms with van der Waals surface area (Å²) in [6.45, 7) is 8.65. The van der Waals surface area contributed by atoms with Crippen molar-refractivity contribution in [2.24, 2.45) is 0 Å². The van der Waals surface area contributed by atoms with Crippen LogP contribution in [0.25, 0.3) is 92.3 Å². The first-order valence-electron chi connectivity index (χ1n) is 19.4. The normalized spacial score (nSPS) is 13.0. The molecule has 0 atom stereocenters. The second-order valence-electron chi connectivity index (χ2n) is 15.3. The highest BCUT2D eigenvalue weighted by molar-refractivity contribution is 7.25. The molecule has 1 heterocycles. The molecule has 56 heavy (non-hydrogen) atoms. The summed E-state index contributed by atoms with van der Waals surface area (Å²) in [5, 5.41) is 7.72. The van der Waals surface area contributed by atoms with E-state index in [0.717, 1.165) is 0 Å². The Kier molecular flexibility index (Phi) is 8.28. The predicted octanol–water partition coefficient (Wildman–Crippen LogP) is 16.0. The van der Waals surface area contributed by atoms with Crippen LogP contribution in [-0.2, 0) is 5.41 Å². The molecule has 1 aliphatic rings. The lowest BCUT2D eigenvalue weighted by Gasteiger charge is -2.22. The molecule has 0 radical (unpaired) electrons. The molecule has 0 saturated heterocycles. The summed E-state index contributed by atoms with van der Waals surface area (Å²) < 4.78 is 2.69. The van der Waals surface area contributed by atoms with E-state index in [1.807, 2.05) is 23.5 Å². The molecule has 0 N–H and O–H groups in total. The van der Waals surface area contributed by atoms with Gasteiger partial charge in [0, 0.05) is 25.6 Å². The zero-order valence-corrected chi connectivity index (χ0v) is 32.4. The average molecular weight is 733 g/mol. The minimum Gasteiger partial charge on any atom is -0.135 e. The van der Waals surface area contributed by atoms with Gasteiger partial charge in [0.15, 0.2) is 0 Å². The summed E-state index contributed by atoms with van der Waals surface area (Å²) >= 11 is 1.89. The molecule has 0 amide bonds. The Morgan fingerprint density at radius 1 is 0.429 bits per heavy atom. The van der Waals surface area contributed by atoms with Gasteiger partial charge < -0.3 is 0 Å². The predicted molar refractivity (Wildman–Crippen MR) is 245 cm³/mol. The molecule has 1 aliphatic carbocycles. The maximum atomic E-state index is 3.88. The highest BCUT2D eigenvalue weighted by Gasteiger charge is 2.36. The molecular weight excluding hydrogens is 693 g/mol. The van der Waals surface area contributed by atoms with Gasteiger partial charge in [-0.2, -0.15) is 0 Å². The fourth-order valence-corrected chi connectivity index (χ4v) is 10.0. The lowest BCUT2D eigenvalue weighted by Crippen LogP contribution is -2.14. The van der Waals surface area contributed by atoms with Crippen molar-refractivity contribution >= 4 is 59.1 Å². The van der Waals surface area contributed by atoms with E-state index in [1.54, 1.807) is 0 Å².